The average Bonchev–Trinajstić information content (AvgIpc) is 2.92. The minimum Gasteiger partial charge on any atom is -0.250 e. The van der Waals surface area contributed by atoms with Crippen molar-refractivity contribution < 1.29 is 26.3 Å². The van der Waals surface area contributed by atoms with Gasteiger partial charge in [0.15, 0.2) is 11.4 Å². The maximum Gasteiger partial charge on any atom is 0.434 e. The minimum absolute atomic E-state index is 0.162. The second-order valence-electron chi connectivity index (χ2n) is 7.60. The molecule has 3 rings (SSSR count). The maximum atomic E-state index is 13.2. The summed E-state index contributed by atoms with van der Waals surface area (Å²) in [7, 11) is 0. The molecule has 2 aromatic heterocycles. The molecule has 0 N–H and O–H groups in total. The molecule has 1 aromatic carbocycles. The molecule has 0 radical (unpaired) electrons. The first-order chi connectivity index (χ1) is 18.8. The van der Waals surface area contributed by atoms with E-state index in [-0.39, 0.29) is 27.1 Å². The van der Waals surface area contributed by atoms with Gasteiger partial charge in [-0.1, -0.05) is 0 Å². The fourth-order valence-electron chi connectivity index (χ4n) is 3.62. The molecule has 0 atom stereocenters. The van der Waals surface area contributed by atoms with Crippen molar-refractivity contribution in [1.82, 2.24) is 9.97 Å². The van der Waals surface area contributed by atoms with Gasteiger partial charge in [0.25, 0.3) is 0 Å². The van der Waals surface area contributed by atoms with Crippen LogP contribution in [0.4, 0.5) is 26.3 Å². The third kappa shape index (κ3) is 5.24. The first-order valence-corrected chi connectivity index (χ1v) is 10.3. The molecule has 0 bridgehead atoms. The third-order valence-corrected chi connectivity index (χ3v) is 5.27. The van der Waals surface area contributed by atoms with Gasteiger partial charge in [0.05, 0.1) is 45.5 Å². The highest BCUT2D eigenvalue weighted by molar-refractivity contribution is 5.81. The van der Waals surface area contributed by atoms with Gasteiger partial charge in [-0.15, -0.1) is 0 Å². The third-order valence-electron chi connectivity index (χ3n) is 5.27. The smallest absolute Gasteiger partial charge is 0.250 e. The molecule has 0 spiro atoms. The lowest BCUT2D eigenvalue weighted by Crippen LogP contribution is -2.23. The first kappa shape index (κ1) is 28.4. The number of benzene rings is 1. The number of aromatic nitrogens is 2. The van der Waals surface area contributed by atoms with Gasteiger partial charge in [-0.2, -0.15) is 57.9 Å². The Morgan fingerprint density at radius 3 is 1.25 bits per heavy atom. The van der Waals surface area contributed by atoms with Crippen LogP contribution in [-0.2, 0) is 12.4 Å². The van der Waals surface area contributed by atoms with Gasteiger partial charge in [0.1, 0.15) is 24.3 Å². The van der Waals surface area contributed by atoms with Gasteiger partial charge in [0, 0.05) is 28.7 Å². The van der Waals surface area contributed by atoms with E-state index in [1.54, 1.807) is 24.3 Å². The second-order valence-corrected chi connectivity index (χ2v) is 7.60. The molecule has 0 fully saturated rings. The number of hydrogen-bond donors (Lipinski definition) is 0. The molecule has 40 heavy (non-hydrogen) atoms. The molecule has 8 nitrogen and oxygen atoms in total. The van der Waals surface area contributed by atoms with Gasteiger partial charge < -0.3 is 0 Å². The molecule has 0 aliphatic heterocycles. The Bertz CT molecular complexity index is 1910. The van der Waals surface area contributed by atoms with E-state index in [0.717, 1.165) is 18.2 Å². The highest BCUT2D eigenvalue weighted by atomic mass is 19.4. The number of nitrogens with zero attached hydrogens (tertiary/aromatic N) is 8. The molecule has 14 heteroatoms. The molecule has 0 saturated carbocycles. The number of pyridine rings is 2. The summed E-state index contributed by atoms with van der Waals surface area (Å²) in [5, 5.41) is 56.8. The summed E-state index contributed by atoms with van der Waals surface area (Å²) in [6.07, 6.45) is -8.61. The van der Waals surface area contributed by atoms with Crippen LogP contribution in [0.2, 0.25) is 0 Å². The Morgan fingerprint density at radius 2 is 0.925 bits per heavy atom. The molecule has 0 aliphatic rings. The van der Waals surface area contributed by atoms with Crippen molar-refractivity contribution in [2.45, 2.75) is 12.4 Å². The predicted molar refractivity (Wildman–Crippen MR) is 119 cm³/mol. The Morgan fingerprint density at radius 1 is 0.550 bits per heavy atom. The van der Waals surface area contributed by atoms with E-state index in [0.29, 0.717) is 18.5 Å². The van der Waals surface area contributed by atoms with Crippen molar-refractivity contribution in [1.29, 1.82) is 31.6 Å². The molecule has 2 heterocycles. The van der Waals surface area contributed by atoms with Crippen LogP contribution in [0.25, 0.3) is 11.1 Å². The van der Waals surface area contributed by atoms with Crippen LogP contribution in [0.5, 0.6) is 0 Å². The van der Waals surface area contributed by atoms with Crippen molar-refractivity contribution in [2.24, 2.45) is 0 Å². The van der Waals surface area contributed by atoms with Crippen LogP contribution < -0.4 is 10.4 Å². The second kappa shape index (κ2) is 10.6. The Hall–Kier alpha value is -6.22. The fourth-order valence-corrected chi connectivity index (χ4v) is 3.62. The molecule has 0 aliphatic carbocycles. The number of hydrogen-bond acceptors (Lipinski definition) is 8. The van der Waals surface area contributed by atoms with Crippen LogP contribution in [0.3, 0.4) is 0 Å². The highest BCUT2D eigenvalue weighted by Gasteiger charge is 2.36. The summed E-state index contributed by atoms with van der Waals surface area (Å²) in [5.74, 6) is 0. The monoisotopic (exact) mass is 544 g/mol. The standard InChI is InChI=1S/C26H6F6N8/c27-25(28,29)23-16(7-35)3-18(11-39-23)20(9-37)13-1-14(5-33)22(15(2-13)6-34)21(10-38)19-4-17(8-36)24(40-12-19)26(30,31)32/h1-4,11-12H. The van der Waals surface area contributed by atoms with E-state index in [1.807, 2.05) is 0 Å². The molecular weight excluding hydrogens is 538 g/mol. The minimum atomic E-state index is -4.98. The summed E-state index contributed by atoms with van der Waals surface area (Å²) in [6, 6.07) is 13.0. The van der Waals surface area contributed by atoms with E-state index in [9.17, 15) is 47.4 Å². The maximum absolute atomic E-state index is 13.2. The van der Waals surface area contributed by atoms with Crippen molar-refractivity contribution in [3.8, 4) is 36.4 Å². The average molecular weight is 544 g/mol. The fraction of sp³-hybridized carbons (Fsp3) is 0.0769. The zero-order chi connectivity index (χ0) is 29.8. The molecule has 192 valence electrons. The lowest BCUT2D eigenvalue weighted by atomic mass is 9.95. The molecule has 3 aromatic rings. The van der Waals surface area contributed by atoms with Gasteiger partial charge in [-0.25, -0.2) is 9.97 Å². The van der Waals surface area contributed by atoms with Gasteiger partial charge in [-0.3, -0.25) is 0 Å². The number of halogens is 6. The number of rotatable bonds is 2. The van der Waals surface area contributed by atoms with Crippen LogP contribution >= 0.6 is 0 Å². The molecule has 0 saturated heterocycles. The van der Waals surface area contributed by atoms with E-state index in [4.69, 9.17) is 10.5 Å². The Labute approximate surface area is 220 Å². The van der Waals surface area contributed by atoms with Crippen molar-refractivity contribution >= 4 is 11.1 Å². The van der Waals surface area contributed by atoms with Crippen molar-refractivity contribution in [2.75, 3.05) is 0 Å². The molecule has 0 amide bonds. The van der Waals surface area contributed by atoms with Gasteiger partial charge >= 0.3 is 12.4 Å². The van der Waals surface area contributed by atoms with Crippen LogP contribution in [0.15, 0.2) is 36.7 Å². The lowest BCUT2D eigenvalue weighted by Gasteiger charge is -2.10. The topological polar surface area (TPSA) is 169 Å². The highest BCUT2D eigenvalue weighted by Crippen LogP contribution is 2.32. The summed E-state index contributed by atoms with van der Waals surface area (Å²) in [6.45, 7) is 0. The van der Waals surface area contributed by atoms with E-state index in [2.05, 4.69) is 9.97 Å². The number of alkyl halides is 6. The lowest BCUT2D eigenvalue weighted by molar-refractivity contribution is -0.142. The SMILES string of the molecule is N#CC(c1cnc(C(F)(F)F)c(C#N)c1)=c1cc(C#N)c(=C(C#N)c2cnc(C(F)(F)F)c(C#N)c2)c(C#N)c1. The molecule has 0 unspecified atom stereocenters. The predicted octanol–water partition coefficient (Wildman–Crippen LogP) is 3.45. The molecular formula is C26H6F6N8. The van der Waals surface area contributed by atoms with Crippen molar-refractivity contribution in [3.63, 3.8) is 0 Å². The number of nitriles is 6. The quantitative estimate of drug-likeness (QED) is 0.442. The summed E-state index contributed by atoms with van der Waals surface area (Å²) in [4.78, 5) is 6.45. The van der Waals surface area contributed by atoms with E-state index >= 15 is 0 Å². The first-order valence-electron chi connectivity index (χ1n) is 10.3. The van der Waals surface area contributed by atoms with E-state index < -0.39 is 51.6 Å². The zero-order valence-corrected chi connectivity index (χ0v) is 19.3. The zero-order valence-electron chi connectivity index (χ0n) is 19.3. The van der Waals surface area contributed by atoms with Crippen LogP contribution in [-0.4, -0.2) is 9.97 Å². The van der Waals surface area contributed by atoms with E-state index in [1.165, 1.54) is 12.1 Å². The van der Waals surface area contributed by atoms with Crippen molar-refractivity contribution in [3.05, 3.63) is 91.9 Å². The summed E-state index contributed by atoms with van der Waals surface area (Å²) < 4.78 is 78.8. The van der Waals surface area contributed by atoms with Crippen LogP contribution in [0.1, 0.15) is 44.8 Å². The summed E-state index contributed by atoms with van der Waals surface area (Å²) in [5.41, 5.74) is -7.05. The summed E-state index contributed by atoms with van der Waals surface area (Å²) >= 11 is 0. The largest absolute Gasteiger partial charge is 0.434 e. The normalized spacial score (nSPS) is 10.6. The van der Waals surface area contributed by atoms with Gasteiger partial charge in [-0.05, 0) is 29.5 Å². The Kier molecular flexibility index (Phi) is 7.54. The van der Waals surface area contributed by atoms with Crippen LogP contribution in [0, 0.1) is 68.0 Å². The Balaban J connectivity index is 2.44. The van der Waals surface area contributed by atoms with Gasteiger partial charge in [0.2, 0.25) is 0 Å².